The Hall–Kier alpha value is -1.10. The molecule has 1 rings (SSSR count). The van der Waals surface area contributed by atoms with Gasteiger partial charge in [0.2, 0.25) is 0 Å². The van der Waals surface area contributed by atoms with Crippen LogP contribution in [0.3, 0.4) is 0 Å². The Morgan fingerprint density at radius 3 is 2.53 bits per heavy atom. The number of nitrogen functional groups attached to an aromatic ring is 1. The van der Waals surface area contributed by atoms with Crippen molar-refractivity contribution in [2.75, 3.05) is 39.1 Å². The Balaban J connectivity index is 2.51. The molecular formula is C13H22N2O2. The smallest absolute Gasteiger partial charge is 0.0916 e. The molecule has 1 atom stereocenters. The molecule has 0 saturated heterocycles. The van der Waals surface area contributed by atoms with Crippen molar-refractivity contribution in [1.29, 1.82) is 0 Å². The number of methoxy groups -OCH3 is 1. The van der Waals surface area contributed by atoms with Gasteiger partial charge >= 0.3 is 0 Å². The average Bonchev–Trinajstić information content (AvgIpc) is 2.35. The van der Waals surface area contributed by atoms with Gasteiger partial charge in [0.1, 0.15) is 0 Å². The summed E-state index contributed by atoms with van der Waals surface area (Å²) in [6.45, 7) is 5.10. The fourth-order valence-electron chi connectivity index (χ4n) is 1.67. The minimum Gasteiger partial charge on any atom is -0.399 e. The number of benzene rings is 1. The number of ether oxygens (including phenoxy) is 1. The predicted octanol–water partition coefficient (Wildman–Crippen LogP) is 1.27. The zero-order valence-corrected chi connectivity index (χ0v) is 10.6. The maximum absolute atomic E-state index is 10.1. The van der Waals surface area contributed by atoms with E-state index in [4.69, 9.17) is 10.5 Å². The number of nitrogens with zero attached hydrogens (tertiary/aromatic N) is 1. The number of aliphatic hydroxyl groups is 1. The molecule has 96 valence electrons. The van der Waals surface area contributed by atoms with Gasteiger partial charge in [-0.3, -0.25) is 4.90 Å². The van der Waals surface area contributed by atoms with Crippen molar-refractivity contribution in [3.63, 3.8) is 0 Å². The number of hydrogen-bond acceptors (Lipinski definition) is 4. The number of hydrogen-bond donors (Lipinski definition) is 2. The highest BCUT2D eigenvalue weighted by Crippen LogP contribution is 2.15. The summed E-state index contributed by atoms with van der Waals surface area (Å²) in [5.74, 6) is 0. The number of rotatable bonds is 7. The van der Waals surface area contributed by atoms with Gasteiger partial charge < -0.3 is 15.6 Å². The van der Waals surface area contributed by atoms with Gasteiger partial charge in [0.25, 0.3) is 0 Å². The van der Waals surface area contributed by atoms with Crippen LogP contribution in [0.2, 0.25) is 0 Å². The third-order valence-electron chi connectivity index (χ3n) is 2.81. The SMILES string of the molecule is CCN(CCOC)CC(O)c1ccc(N)cc1. The molecule has 0 bridgehead atoms. The molecule has 0 aromatic heterocycles. The molecule has 0 saturated carbocycles. The second kappa shape index (κ2) is 7.27. The van der Waals surface area contributed by atoms with E-state index in [1.165, 1.54) is 0 Å². The molecule has 3 N–H and O–H groups in total. The lowest BCUT2D eigenvalue weighted by molar-refractivity contribution is 0.0921. The van der Waals surface area contributed by atoms with Gasteiger partial charge in [-0.15, -0.1) is 0 Å². The number of nitrogens with two attached hydrogens (primary N) is 1. The molecule has 4 nitrogen and oxygen atoms in total. The van der Waals surface area contributed by atoms with E-state index in [2.05, 4.69) is 11.8 Å². The van der Waals surface area contributed by atoms with Crippen LogP contribution in [0.4, 0.5) is 5.69 Å². The summed E-state index contributed by atoms with van der Waals surface area (Å²) in [6, 6.07) is 7.35. The van der Waals surface area contributed by atoms with Crippen LogP contribution in [0.1, 0.15) is 18.6 Å². The summed E-state index contributed by atoms with van der Waals surface area (Å²) in [5, 5.41) is 10.1. The van der Waals surface area contributed by atoms with Crippen molar-refractivity contribution in [2.24, 2.45) is 0 Å². The minimum atomic E-state index is -0.479. The number of anilines is 1. The van der Waals surface area contributed by atoms with E-state index < -0.39 is 6.10 Å². The molecule has 0 fully saturated rings. The summed E-state index contributed by atoms with van der Waals surface area (Å²) >= 11 is 0. The van der Waals surface area contributed by atoms with E-state index in [0.29, 0.717) is 18.8 Å². The Bertz CT molecular complexity index is 314. The zero-order chi connectivity index (χ0) is 12.7. The molecule has 0 radical (unpaired) electrons. The normalized spacial score (nSPS) is 12.9. The Morgan fingerprint density at radius 1 is 1.35 bits per heavy atom. The lowest BCUT2D eigenvalue weighted by atomic mass is 10.1. The molecule has 0 amide bonds. The summed E-state index contributed by atoms with van der Waals surface area (Å²) in [7, 11) is 1.68. The molecule has 4 heteroatoms. The maximum atomic E-state index is 10.1. The average molecular weight is 238 g/mol. The van der Waals surface area contributed by atoms with Gasteiger partial charge in [-0.1, -0.05) is 19.1 Å². The van der Waals surface area contributed by atoms with E-state index >= 15 is 0 Å². The van der Waals surface area contributed by atoms with Crippen LogP contribution in [0.15, 0.2) is 24.3 Å². The van der Waals surface area contributed by atoms with Crippen LogP contribution in [-0.4, -0.2) is 43.4 Å². The lowest BCUT2D eigenvalue weighted by Gasteiger charge is -2.23. The summed E-state index contributed by atoms with van der Waals surface area (Å²) in [5.41, 5.74) is 7.23. The highest BCUT2D eigenvalue weighted by atomic mass is 16.5. The minimum absolute atomic E-state index is 0.479. The third-order valence-corrected chi connectivity index (χ3v) is 2.81. The highest BCUT2D eigenvalue weighted by Gasteiger charge is 2.11. The monoisotopic (exact) mass is 238 g/mol. The van der Waals surface area contributed by atoms with Crippen LogP contribution in [0.5, 0.6) is 0 Å². The first-order valence-corrected chi connectivity index (χ1v) is 5.92. The fraction of sp³-hybridized carbons (Fsp3) is 0.538. The van der Waals surface area contributed by atoms with Crippen molar-refractivity contribution >= 4 is 5.69 Å². The molecule has 0 heterocycles. The quantitative estimate of drug-likeness (QED) is 0.702. The van der Waals surface area contributed by atoms with Crippen LogP contribution >= 0.6 is 0 Å². The Morgan fingerprint density at radius 2 is 2.00 bits per heavy atom. The summed E-state index contributed by atoms with van der Waals surface area (Å²) in [6.07, 6.45) is -0.479. The van der Waals surface area contributed by atoms with Crippen molar-refractivity contribution in [2.45, 2.75) is 13.0 Å². The van der Waals surface area contributed by atoms with Gasteiger partial charge in [0.05, 0.1) is 12.7 Å². The van der Waals surface area contributed by atoms with E-state index in [9.17, 15) is 5.11 Å². The van der Waals surface area contributed by atoms with Gasteiger partial charge in [0.15, 0.2) is 0 Å². The molecule has 17 heavy (non-hydrogen) atoms. The largest absolute Gasteiger partial charge is 0.399 e. The molecule has 1 unspecified atom stereocenters. The zero-order valence-electron chi connectivity index (χ0n) is 10.6. The van der Waals surface area contributed by atoms with E-state index in [-0.39, 0.29) is 0 Å². The lowest BCUT2D eigenvalue weighted by Crippen LogP contribution is -2.31. The van der Waals surface area contributed by atoms with Gasteiger partial charge in [-0.25, -0.2) is 0 Å². The van der Waals surface area contributed by atoms with E-state index in [1.807, 2.05) is 24.3 Å². The van der Waals surface area contributed by atoms with Crippen LogP contribution < -0.4 is 5.73 Å². The first kappa shape index (κ1) is 14.0. The Labute approximate surface area is 103 Å². The second-order valence-electron chi connectivity index (χ2n) is 4.07. The standard InChI is InChI=1S/C13H22N2O2/c1-3-15(8-9-17-2)10-13(16)11-4-6-12(14)7-5-11/h4-7,13,16H,3,8-10,14H2,1-2H3. The fourth-order valence-corrected chi connectivity index (χ4v) is 1.67. The van der Waals surface area contributed by atoms with Crippen LogP contribution in [0, 0.1) is 0 Å². The van der Waals surface area contributed by atoms with Crippen molar-refractivity contribution in [3.8, 4) is 0 Å². The molecule has 0 aliphatic carbocycles. The van der Waals surface area contributed by atoms with Gasteiger partial charge in [-0.05, 0) is 24.2 Å². The van der Waals surface area contributed by atoms with E-state index in [0.717, 1.165) is 18.7 Å². The maximum Gasteiger partial charge on any atom is 0.0916 e. The van der Waals surface area contributed by atoms with Gasteiger partial charge in [0, 0.05) is 25.9 Å². The first-order chi connectivity index (χ1) is 8.17. The predicted molar refractivity (Wildman–Crippen MR) is 69.8 cm³/mol. The molecular weight excluding hydrogens is 216 g/mol. The van der Waals surface area contributed by atoms with Gasteiger partial charge in [-0.2, -0.15) is 0 Å². The molecule has 0 aliphatic rings. The van der Waals surface area contributed by atoms with Crippen molar-refractivity contribution < 1.29 is 9.84 Å². The second-order valence-corrected chi connectivity index (χ2v) is 4.07. The molecule has 0 spiro atoms. The summed E-state index contributed by atoms with van der Waals surface area (Å²) < 4.78 is 5.04. The number of aliphatic hydroxyl groups excluding tert-OH is 1. The topological polar surface area (TPSA) is 58.7 Å². The molecule has 1 aromatic rings. The molecule has 1 aromatic carbocycles. The Kier molecular flexibility index (Phi) is 5.97. The molecule has 0 aliphatic heterocycles. The van der Waals surface area contributed by atoms with Crippen molar-refractivity contribution in [1.82, 2.24) is 4.90 Å². The number of likely N-dealkylation sites (N-methyl/N-ethyl adjacent to an activating group) is 1. The van der Waals surface area contributed by atoms with Crippen LogP contribution in [0.25, 0.3) is 0 Å². The third kappa shape index (κ3) is 4.73. The van der Waals surface area contributed by atoms with Crippen LogP contribution in [-0.2, 0) is 4.74 Å². The summed E-state index contributed by atoms with van der Waals surface area (Å²) in [4.78, 5) is 2.16. The first-order valence-electron chi connectivity index (χ1n) is 5.92. The van der Waals surface area contributed by atoms with E-state index in [1.54, 1.807) is 7.11 Å². The highest BCUT2D eigenvalue weighted by molar-refractivity contribution is 5.39. The van der Waals surface area contributed by atoms with Crippen molar-refractivity contribution in [3.05, 3.63) is 29.8 Å².